The Kier molecular flexibility index (Phi) is 5.79. The number of benzene rings is 2. The Morgan fingerprint density at radius 2 is 1.84 bits per heavy atom. The van der Waals surface area contributed by atoms with E-state index in [9.17, 15) is 9.90 Å². The van der Waals surface area contributed by atoms with Crippen molar-refractivity contribution in [3.63, 3.8) is 0 Å². The van der Waals surface area contributed by atoms with E-state index in [1.165, 1.54) is 0 Å². The Balaban J connectivity index is 1.80. The molecular weight excluding hydrogens is 342 g/mol. The number of carbonyl (C=O) groups excluding carboxylic acids is 1. The number of carbonyl (C=O) groups is 1. The van der Waals surface area contributed by atoms with Gasteiger partial charge in [-0.05, 0) is 24.1 Å². The van der Waals surface area contributed by atoms with Gasteiger partial charge in [-0.2, -0.15) is 0 Å². The summed E-state index contributed by atoms with van der Waals surface area (Å²) in [5.41, 5.74) is 2.57. The smallest absolute Gasteiger partial charge is 0.224 e. The number of aliphatic hydroxyl groups excluding tert-OH is 1. The highest BCUT2D eigenvalue weighted by Gasteiger charge is 2.23. The number of nitrogens with one attached hydrogen (secondary N) is 1. The highest BCUT2D eigenvalue weighted by Crippen LogP contribution is 2.39. The van der Waals surface area contributed by atoms with E-state index in [2.05, 4.69) is 5.32 Å². The van der Waals surface area contributed by atoms with Crippen LogP contribution in [-0.4, -0.2) is 29.6 Å². The first-order valence-electron chi connectivity index (χ1n) is 8.16. The van der Waals surface area contributed by atoms with Crippen molar-refractivity contribution in [3.8, 4) is 11.5 Å². The number of rotatable bonds is 7. The van der Waals surface area contributed by atoms with Crippen molar-refractivity contribution < 1.29 is 19.4 Å². The van der Waals surface area contributed by atoms with Gasteiger partial charge in [0.15, 0.2) is 0 Å². The Morgan fingerprint density at radius 1 is 1.08 bits per heavy atom. The van der Waals surface area contributed by atoms with Gasteiger partial charge in [0.1, 0.15) is 30.8 Å². The molecule has 0 saturated heterocycles. The molecule has 3 rings (SSSR count). The maximum atomic E-state index is 11.8. The number of ether oxygens (including phenoxy) is 2. The molecule has 0 saturated carbocycles. The van der Waals surface area contributed by atoms with Crippen LogP contribution in [0.5, 0.6) is 11.5 Å². The Hall–Kier alpha value is -2.24. The minimum Gasteiger partial charge on any atom is -0.490 e. The van der Waals surface area contributed by atoms with E-state index in [4.69, 9.17) is 21.1 Å². The first kappa shape index (κ1) is 17.6. The topological polar surface area (TPSA) is 67.8 Å². The zero-order valence-electron chi connectivity index (χ0n) is 13.7. The Morgan fingerprint density at radius 3 is 2.60 bits per heavy atom. The Labute approximate surface area is 151 Å². The van der Waals surface area contributed by atoms with Gasteiger partial charge >= 0.3 is 0 Å². The monoisotopic (exact) mass is 361 g/mol. The molecule has 2 aromatic carbocycles. The average molecular weight is 362 g/mol. The van der Waals surface area contributed by atoms with Crippen molar-refractivity contribution in [1.29, 1.82) is 0 Å². The van der Waals surface area contributed by atoms with Crippen LogP contribution in [0.1, 0.15) is 17.5 Å². The van der Waals surface area contributed by atoms with E-state index in [1.807, 2.05) is 30.3 Å². The fourth-order valence-electron chi connectivity index (χ4n) is 2.65. The predicted octanol–water partition coefficient (Wildman–Crippen LogP) is 3.13. The maximum absolute atomic E-state index is 11.8. The summed E-state index contributed by atoms with van der Waals surface area (Å²) in [5.74, 6) is 1.30. The molecule has 1 atom stereocenters. The number of hydrogen-bond donors (Lipinski definition) is 2. The van der Waals surface area contributed by atoms with Crippen molar-refractivity contribution in [2.45, 2.75) is 25.6 Å². The molecule has 6 heteroatoms. The summed E-state index contributed by atoms with van der Waals surface area (Å²) in [6, 6.07) is 13.4. The fourth-order valence-corrected chi connectivity index (χ4v) is 2.74. The van der Waals surface area contributed by atoms with E-state index >= 15 is 0 Å². The highest BCUT2D eigenvalue weighted by molar-refractivity contribution is 6.18. The first-order chi connectivity index (χ1) is 12.2. The van der Waals surface area contributed by atoms with Gasteiger partial charge < -0.3 is 19.9 Å². The van der Waals surface area contributed by atoms with Gasteiger partial charge in [0.25, 0.3) is 0 Å². The summed E-state index contributed by atoms with van der Waals surface area (Å²) in [6.45, 7) is 0.516. The molecule has 132 valence electrons. The molecule has 1 heterocycles. The molecule has 0 aliphatic carbocycles. The van der Waals surface area contributed by atoms with Crippen LogP contribution < -0.4 is 14.8 Å². The summed E-state index contributed by atoms with van der Waals surface area (Å²) in [4.78, 5) is 11.8. The molecular formula is C19H20ClNO4. The second-order valence-electron chi connectivity index (χ2n) is 5.86. The lowest BCUT2D eigenvalue weighted by atomic mass is 10.0. The van der Waals surface area contributed by atoms with Gasteiger partial charge in [-0.25, -0.2) is 0 Å². The van der Waals surface area contributed by atoms with Crippen molar-refractivity contribution in [1.82, 2.24) is 0 Å². The van der Waals surface area contributed by atoms with E-state index in [1.54, 1.807) is 12.1 Å². The summed E-state index contributed by atoms with van der Waals surface area (Å²) >= 11 is 5.60. The van der Waals surface area contributed by atoms with Crippen LogP contribution in [0.2, 0.25) is 0 Å². The molecule has 2 aromatic rings. The lowest BCUT2D eigenvalue weighted by Crippen LogP contribution is -2.23. The molecule has 1 aliphatic rings. The number of halogens is 1. The third-order valence-corrected chi connectivity index (χ3v) is 4.30. The molecule has 1 unspecified atom stereocenters. The number of amides is 1. The van der Waals surface area contributed by atoms with Gasteiger partial charge in [-0.1, -0.05) is 30.3 Å². The van der Waals surface area contributed by atoms with Gasteiger partial charge in [0, 0.05) is 12.0 Å². The van der Waals surface area contributed by atoms with E-state index < -0.39 is 6.10 Å². The molecule has 25 heavy (non-hydrogen) atoms. The molecule has 0 bridgehead atoms. The van der Waals surface area contributed by atoms with Crippen molar-refractivity contribution >= 4 is 23.2 Å². The van der Waals surface area contributed by atoms with Crippen molar-refractivity contribution in [2.24, 2.45) is 0 Å². The second-order valence-corrected chi connectivity index (χ2v) is 6.17. The molecule has 0 radical (unpaired) electrons. The molecule has 0 spiro atoms. The molecule has 2 N–H and O–H groups in total. The molecule has 5 nitrogen and oxygen atoms in total. The van der Waals surface area contributed by atoms with Gasteiger partial charge in [-0.15, -0.1) is 11.6 Å². The Bertz CT molecular complexity index is 736. The largest absolute Gasteiger partial charge is 0.490 e. The zero-order valence-corrected chi connectivity index (χ0v) is 14.5. The SMILES string of the molecule is O=C1CCc2c(OCC(O)CCl)ccc(OCc3ccccc3)c2N1. The summed E-state index contributed by atoms with van der Waals surface area (Å²) in [6.07, 6.45) is 0.226. The van der Waals surface area contributed by atoms with Crippen molar-refractivity contribution in [3.05, 3.63) is 53.6 Å². The van der Waals surface area contributed by atoms with E-state index in [0.717, 1.165) is 11.1 Å². The lowest BCUT2D eigenvalue weighted by Gasteiger charge is -2.23. The van der Waals surface area contributed by atoms with Crippen LogP contribution in [0.3, 0.4) is 0 Å². The normalized spacial score (nSPS) is 14.4. The van der Waals surface area contributed by atoms with Crippen LogP contribution in [0, 0.1) is 0 Å². The quantitative estimate of drug-likeness (QED) is 0.743. The van der Waals surface area contributed by atoms with Crippen LogP contribution in [0.4, 0.5) is 5.69 Å². The number of fused-ring (bicyclic) bond motifs is 1. The first-order valence-corrected chi connectivity index (χ1v) is 8.70. The van der Waals surface area contributed by atoms with Gasteiger partial charge in [0.05, 0.1) is 11.6 Å². The molecule has 0 aromatic heterocycles. The number of anilines is 1. The van der Waals surface area contributed by atoms with E-state index in [-0.39, 0.29) is 18.4 Å². The molecule has 1 amide bonds. The third kappa shape index (κ3) is 4.44. The summed E-state index contributed by atoms with van der Waals surface area (Å²) in [7, 11) is 0. The lowest BCUT2D eigenvalue weighted by molar-refractivity contribution is -0.116. The standard InChI is InChI=1S/C19H20ClNO4/c20-10-14(22)12-25-16-7-8-17(19-15(16)6-9-18(23)21-19)24-11-13-4-2-1-3-5-13/h1-5,7-8,14,22H,6,9-12H2,(H,21,23). The minimum atomic E-state index is -0.732. The van der Waals surface area contributed by atoms with Gasteiger partial charge in [-0.3, -0.25) is 4.79 Å². The maximum Gasteiger partial charge on any atom is 0.224 e. The number of hydrogen-bond acceptors (Lipinski definition) is 4. The fraction of sp³-hybridized carbons (Fsp3) is 0.316. The van der Waals surface area contributed by atoms with E-state index in [0.29, 0.717) is 36.6 Å². The minimum absolute atomic E-state index is 0.0463. The molecule has 1 aliphatic heterocycles. The number of alkyl halides is 1. The summed E-state index contributed by atoms with van der Waals surface area (Å²) in [5, 5.41) is 12.5. The van der Waals surface area contributed by atoms with Crippen LogP contribution in [0.15, 0.2) is 42.5 Å². The average Bonchev–Trinajstić information content (AvgIpc) is 2.65. The third-order valence-electron chi connectivity index (χ3n) is 3.94. The second kappa shape index (κ2) is 8.23. The van der Waals surface area contributed by atoms with Crippen LogP contribution >= 0.6 is 11.6 Å². The van der Waals surface area contributed by atoms with Crippen molar-refractivity contribution in [2.75, 3.05) is 17.8 Å². The van der Waals surface area contributed by atoms with Crippen LogP contribution in [0.25, 0.3) is 0 Å². The van der Waals surface area contributed by atoms with Gasteiger partial charge in [0.2, 0.25) is 5.91 Å². The molecule has 0 fully saturated rings. The highest BCUT2D eigenvalue weighted by atomic mass is 35.5. The predicted molar refractivity (Wildman–Crippen MR) is 96.4 cm³/mol. The number of aliphatic hydroxyl groups is 1. The van der Waals surface area contributed by atoms with Crippen LogP contribution in [-0.2, 0) is 17.8 Å². The zero-order chi connectivity index (χ0) is 17.6. The summed E-state index contributed by atoms with van der Waals surface area (Å²) < 4.78 is 11.6.